The second kappa shape index (κ2) is 5.79. The molecule has 2 aromatic heterocycles. The van der Waals surface area contributed by atoms with Crippen LogP contribution in [0, 0.1) is 0 Å². The van der Waals surface area contributed by atoms with Crippen molar-refractivity contribution in [1.29, 1.82) is 0 Å². The van der Waals surface area contributed by atoms with E-state index in [-0.39, 0.29) is 0 Å². The van der Waals surface area contributed by atoms with Gasteiger partial charge in [-0.15, -0.1) is 10.2 Å². The van der Waals surface area contributed by atoms with Gasteiger partial charge in [0, 0.05) is 10.6 Å². The summed E-state index contributed by atoms with van der Waals surface area (Å²) < 4.78 is 17.2. The molecule has 0 aliphatic rings. The maximum atomic E-state index is 12.1. The van der Waals surface area contributed by atoms with Crippen molar-refractivity contribution in [1.82, 2.24) is 20.2 Å². The fourth-order valence-corrected chi connectivity index (χ4v) is 2.72. The van der Waals surface area contributed by atoms with Crippen molar-refractivity contribution >= 4 is 10.8 Å². The molecule has 20 heavy (non-hydrogen) atoms. The van der Waals surface area contributed by atoms with E-state index in [0.717, 1.165) is 4.90 Å². The number of tetrazole rings is 1. The Labute approximate surface area is 117 Å². The van der Waals surface area contributed by atoms with Gasteiger partial charge in [0.15, 0.2) is 5.76 Å². The van der Waals surface area contributed by atoms with Crippen molar-refractivity contribution in [3.63, 3.8) is 0 Å². The number of furan rings is 1. The van der Waals surface area contributed by atoms with Gasteiger partial charge in [0.1, 0.15) is 0 Å². The van der Waals surface area contributed by atoms with Crippen LogP contribution in [-0.2, 0) is 17.3 Å². The first-order valence-corrected chi connectivity index (χ1v) is 7.40. The van der Waals surface area contributed by atoms with E-state index >= 15 is 0 Å². The molecule has 0 aliphatic heterocycles. The Balaban J connectivity index is 1.63. The molecular formula is C13H12N4O2S. The highest BCUT2D eigenvalue weighted by Gasteiger charge is 2.09. The third kappa shape index (κ3) is 2.83. The van der Waals surface area contributed by atoms with Crippen molar-refractivity contribution in [3.8, 4) is 11.6 Å². The lowest BCUT2D eigenvalue weighted by molar-refractivity contribution is 0.549. The minimum Gasteiger partial charge on any atom is -0.461 e. The quantitative estimate of drug-likeness (QED) is 0.715. The van der Waals surface area contributed by atoms with Crippen molar-refractivity contribution in [3.05, 3.63) is 48.7 Å². The summed E-state index contributed by atoms with van der Waals surface area (Å²) in [4.78, 5) is 2.23. The third-order valence-electron chi connectivity index (χ3n) is 2.68. The predicted molar refractivity (Wildman–Crippen MR) is 73.2 cm³/mol. The van der Waals surface area contributed by atoms with E-state index in [0.29, 0.717) is 23.9 Å². The summed E-state index contributed by atoms with van der Waals surface area (Å²) in [5.74, 6) is 1.44. The summed E-state index contributed by atoms with van der Waals surface area (Å²) in [7, 11) is -1.06. The fraction of sp³-hybridized carbons (Fsp3) is 0.154. The van der Waals surface area contributed by atoms with Gasteiger partial charge < -0.3 is 4.42 Å². The molecule has 7 heteroatoms. The van der Waals surface area contributed by atoms with Gasteiger partial charge in [-0.05, 0) is 29.5 Å². The molecule has 1 atom stereocenters. The molecule has 0 N–H and O–H groups in total. The topological polar surface area (TPSA) is 73.8 Å². The molecule has 3 aromatic rings. The molecule has 102 valence electrons. The van der Waals surface area contributed by atoms with Gasteiger partial charge >= 0.3 is 0 Å². The van der Waals surface area contributed by atoms with E-state index in [1.807, 2.05) is 30.3 Å². The summed E-state index contributed by atoms with van der Waals surface area (Å²) >= 11 is 0. The molecule has 0 saturated heterocycles. The highest BCUT2D eigenvalue weighted by atomic mass is 32.2. The molecule has 0 saturated carbocycles. The SMILES string of the molecule is O=S(CCn1nnc(-c2ccco2)n1)c1ccccc1. The summed E-state index contributed by atoms with van der Waals surface area (Å²) in [5.41, 5.74) is 0. The van der Waals surface area contributed by atoms with Crippen LogP contribution in [0.25, 0.3) is 11.6 Å². The lowest BCUT2D eigenvalue weighted by atomic mass is 10.4. The maximum Gasteiger partial charge on any atom is 0.240 e. The molecule has 3 rings (SSSR count). The van der Waals surface area contributed by atoms with Gasteiger partial charge in [0.2, 0.25) is 5.82 Å². The van der Waals surface area contributed by atoms with Crippen LogP contribution in [0.1, 0.15) is 0 Å². The van der Waals surface area contributed by atoms with Crippen molar-refractivity contribution in [2.45, 2.75) is 11.4 Å². The van der Waals surface area contributed by atoms with Gasteiger partial charge in [0.05, 0.1) is 23.6 Å². The van der Waals surface area contributed by atoms with Crippen molar-refractivity contribution in [2.75, 3.05) is 5.75 Å². The standard InChI is InChI=1S/C13H12N4O2S/c18-20(11-5-2-1-3-6-11)10-8-17-15-13(14-16-17)12-7-4-9-19-12/h1-7,9H,8,10H2. The third-order valence-corrected chi connectivity index (χ3v) is 4.03. The molecule has 0 bridgehead atoms. The van der Waals surface area contributed by atoms with Crippen LogP contribution in [0.3, 0.4) is 0 Å². The van der Waals surface area contributed by atoms with Crippen LogP contribution < -0.4 is 0 Å². The molecule has 6 nitrogen and oxygen atoms in total. The van der Waals surface area contributed by atoms with Crippen molar-refractivity contribution in [2.24, 2.45) is 0 Å². The average Bonchev–Trinajstić information content (AvgIpc) is 3.16. The average molecular weight is 288 g/mol. The highest BCUT2D eigenvalue weighted by molar-refractivity contribution is 7.85. The summed E-state index contributed by atoms with van der Waals surface area (Å²) in [6.07, 6.45) is 1.56. The van der Waals surface area contributed by atoms with E-state index < -0.39 is 10.8 Å². The lowest BCUT2D eigenvalue weighted by Crippen LogP contribution is -2.10. The smallest absolute Gasteiger partial charge is 0.240 e. The second-order valence-corrected chi connectivity index (χ2v) is 5.62. The second-order valence-electron chi connectivity index (χ2n) is 4.05. The van der Waals surface area contributed by atoms with Gasteiger partial charge in [-0.3, -0.25) is 4.21 Å². The highest BCUT2D eigenvalue weighted by Crippen LogP contribution is 2.13. The molecule has 0 spiro atoms. The van der Waals surface area contributed by atoms with Crippen LogP contribution in [0.5, 0.6) is 0 Å². The number of rotatable bonds is 5. The molecular weight excluding hydrogens is 276 g/mol. The molecule has 1 unspecified atom stereocenters. The van der Waals surface area contributed by atoms with E-state index in [4.69, 9.17) is 4.42 Å². The van der Waals surface area contributed by atoms with E-state index in [1.54, 1.807) is 18.4 Å². The van der Waals surface area contributed by atoms with Crippen LogP contribution in [0.2, 0.25) is 0 Å². The number of benzene rings is 1. The monoisotopic (exact) mass is 288 g/mol. The normalized spacial score (nSPS) is 12.4. The Morgan fingerprint density at radius 3 is 2.75 bits per heavy atom. The maximum absolute atomic E-state index is 12.1. The number of aromatic nitrogens is 4. The molecule has 0 radical (unpaired) electrons. The van der Waals surface area contributed by atoms with Gasteiger partial charge in [-0.25, -0.2) is 0 Å². The van der Waals surface area contributed by atoms with Crippen LogP contribution in [0.15, 0.2) is 58.0 Å². The first-order chi connectivity index (χ1) is 9.83. The summed E-state index contributed by atoms with van der Waals surface area (Å²) in [5, 5.41) is 12.0. The number of hydrogen-bond donors (Lipinski definition) is 0. The Kier molecular flexibility index (Phi) is 3.69. The van der Waals surface area contributed by atoms with Crippen LogP contribution in [-0.4, -0.2) is 30.2 Å². The molecule has 2 heterocycles. The van der Waals surface area contributed by atoms with Gasteiger partial charge in [-0.2, -0.15) is 4.80 Å². The van der Waals surface area contributed by atoms with Crippen molar-refractivity contribution < 1.29 is 8.63 Å². The molecule has 0 fully saturated rings. The first-order valence-electron chi connectivity index (χ1n) is 6.08. The Morgan fingerprint density at radius 1 is 1.15 bits per heavy atom. The fourth-order valence-electron chi connectivity index (χ4n) is 1.70. The zero-order chi connectivity index (χ0) is 13.8. The van der Waals surface area contributed by atoms with Crippen LogP contribution in [0.4, 0.5) is 0 Å². The largest absolute Gasteiger partial charge is 0.461 e. The Hall–Kier alpha value is -2.28. The zero-order valence-corrected chi connectivity index (χ0v) is 11.4. The molecule has 1 aromatic carbocycles. The predicted octanol–water partition coefficient (Wildman–Crippen LogP) is 1.74. The number of hydrogen-bond acceptors (Lipinski definition) is 5. The minimum absolute atomic E-state index is 0.431. The van der Waals surface area contributed by atoms with Gasteiger partial charge in [0.25, 0.3) is 0 Å². The summed E-state index contributed by atoms with van der Waals surface area (Å²) in [6.45, 7) is 0.440. The first kappa shape index (κ1) is 12.7. The summed E-state index contributed by atoms with van der Waals surface area (Å²) in [6, 6.07) is 12.9. The van der Waals surface area contributed by atoms with E-state index in [9.17, 15) is 4.21 Å². The van der Waals surface area contributed by atoms with Crippen LogP contribution >= 0.6 is 0 Å². The van der Waals surface area contributed by atoms with Gasteiger partial charge in [-0.1, -0.05) is 18.2 Å². The van der Waals surface area contributed by atoms with E-state index in [1.165, 1.54) is 4.80 Å². The van der Waals surface area contributed by atoms with E-state index in [2.05, 4.69) is 15.4 Å². The molecule has 0 amide bonds. The molecule has 0 aliphatic carbocycles. The Bertz CT molecular complexity index is 694. The Morgan fingerprint density at radius 2 is 2.00 bits per heavy atom. The number of aryl methyl sites for hydroxylation is 1. The zero-order valence-electron chi connectivity index (χ0n) is 10.5. The number of nitrogens with zero attached hydrogens (tertiary/aromatic N) is 4. The lowest BCUT2D eigenvalue weighted by Gasteiger charge is -2.00. The minimum atomic E-state index is -1.06.